The first-order valence-corrected chi connectivity index (χ1v) is 5.30. The SMILES string of the molecule is Cc1cc(OC(C)C)nn1-c1cccnc1. The van der Waals surface area contributed by atoms with E-state index in [1.165, 1.54) is 0 Å². The topological polar surface area (TPSA) is 39.9 Å². The Hall–Kier alpha value is -1.84. The average molecular weight is 217 g/mol. The molecule has 0 saturated heterocycles. The van der Waals surface area contributed by atoms with Gasteiger partial charge in [-0.15, -0.1) is 5.10 Å². The van der Waals surface area contributed by atoms with E-state index < -0.39 is 0 Å². The fourth-order valence-corrected chi connectivity index (χ4v) is 1.49. The van der Waals surface area contributed by atoms with E-state index in [2.05, 4.69) is 10.1 Å². The first-order chi connectivity index (χ1) is 7.66. The zero-order chi connectivity index (χ0) is 11.5. The second-order valence-electron chi connectivity index (χ2n) is 3.91. The van der Waals surface area contributed by atoms with Gasteiger partial charge in [-0.3, -0.25) is 4.98 Å². The standard InChI is InChI=1S/C12H15N3O/c1-9(2)16-12-7-10(3)15(14-12)11-5-4-6-13-8-11/h4-9H,1-3H3. The number of ether oxygens (including phenoxy) is 1. The first-order valence-electron chi connectivity index (χ1n) is 5.30. The molecule has 2 heterocycles. The molecule has 16 heavy (non-hydrogen) atoms. The van der Waals surface area contributed by atoms with Crippen molar-refractivity contribution in [2.75, 3.05) is 0 Å². The maximum Gasteiger partial charge on any atom is 0.233 e. The summed E-state index contributed by atoms with van der Waals surface area (Å²) < 4.78 is 7.37. The Kier molecular flexibility index (Phi) is 2.90. The van der Waals surface area contributed by atoms with Crippen LogP contribution in [0.4, 0.5) is 0 Å². The molecule has 0 N–H and O–H groups in total. The van der Waals surface area contributed by atoms with Gasteiger partial charge in [-0.2, -0.15) is 0 Å². The molecule has 2 aromatic rings. The van der Waals surface area contributed by atoms with Crippen LogP contribution in [0.5, 0.6) is 5.88 Å². The van der Waals surface area contributed by atoms with Gasteiger partial charge in [-0.1, -0.05) is 0 Å². The lowest BCUT2D eigenvalue weighted by Crippen LogP contribution is -2.06. The van der Waals surface area contributed by atoms with Crippen LogP contribution in [0.2, 0.25) is 0 Å². The summed E-state index contributed by atoms with van der Waals surface area (Å²) in [4.78, 5) is 4.07. The average Bonchev–Trinajstić information content (AvgIpc) is 2.60. The van der Waals surface area contributed by atoms with Crippen molar-refractivity contribution in [1.29, 1.82) is 0 Å². The molecule has 0 unspecified atom stereocenters. The van der Waals surface area contributed by atoms with Crippen molar-refractivity contribution in [3.05, 3.63) is 36.3 Å². The summed E-state index contributed by atoms with van der Waals surface area (Å²) in [6, 6.07) is 5.78. The Balaban J connectivity index is 2.32. The number of rotatable bonds is 3. The number of aryl methyl sites for hydroxylation is 1. The van der Waals surface area contributed by atoms with E-state index >= 15 is 0 Å². The van der Waals surface area contributed by atoms with Crippen molar-refractivity contribution < 1.29 is 4.74 Å². The minimum absolute atomic E-state index is 0.136. The van der Waals surface area contributed by atoms with Crippen LogP contribution in [-0.4, -0.2) is 20.9 Å². The fourth-order valence-electron chi connectivity index (χ4n) is 1.49. The normalized spacial score (nSPS) is 10.8. The van der Waals surface area contributed by atoms with Gasteiger partial charge in [0.25, 0.3) is 0 Å². The molecule has 0 spiro atoms. The molecule has 4 heteroatoms. The summed E-state index contributed by atoms with van der Waals surface area (Å²) in [6.07, 6.45) is 3.66. The predicted octanol–water partition coefficient (Wildman–Crippen LogP) is 2.36. The molecule has 0 radical (unpaired) electrons. The van der Waals surface area contributed by atoms with E-state index in [1.807, 2.05) is 43.7 Å². The van der Waals surface area contributed by atoms with Gasteiger partial charge in [0.2, 0.25) is 5.88 Å². The zero-order valence-electron chi connectivity index (χ0n) is 9.71. The summed E-state index contributed by atoms with van der Waals surface area (Å²) in [5, 5.41) is 4.37. The largest absolute Gasteiger partial charge is 0.474 e. The Morgan fingerprint density at radius 2 is 2.19 bits per heavy atom. The van der Waals surface area contributed by atoms with Crippen LogP contribution in [0.3, 0.4) is 0 Å². The Morgan fingerprint density at radius 3 is 2.81 bits per heavy atom. The molecular weight excluding hydrogens is 202 g/mol. The van der Waals surface area contributed by atoms with Gasteiger partial charge >= 0.3 is 0 Å². The molecule has 0 fully saturated rings. The predicted molar refractivity (Wildman–Crippen MR) is 61.9 cm³/mol. The van der Waals surface area contributed by atoms with Crippen LogP contribution >= 0.6 is 0 Å². The molecule has 0 aliphatic carbocycles. The number of hydrogen-bond acceptors (Lipinski definition) is 3. The molecule has 0 atom stereocenters. The molecule has 2 aromatic heterocycles. The molecule has 0 aromatic carbocycles. The minimum atomic E-state index is 0.136. The van der Waals surface area contributed by atoms with Gasteiger partial charge in [-0.25, -0.2) is 4.68 Å². The quantitative estimate of drug-likeness (QED) is 0.792. The smallest absolute Gasteiger partial charge is 0.233 e. The summed E-state index contributed by atoms with van der Waals surface area (Å²) in [5.74, 6) is 0.649. The van der Waals surface area contributed by atoms with Gasteiger partial charge in [0.05, 0.1) is 18.0 Å². The molecule has 0 aliphatic heterocycles. The Labute approximate surface area is 94.9 Å². The molecule has 84 valence electrons. The van der Waals surface area contributed by atoms with Crippen LogP contribution in [-0.2, 0) is 0 Å². The van der Waals surface area contributed by atoms with Crippen molar-refractivity contribution in [2.45, 2.75) is 26.9 Å². The van der Waals surface area contributed by atoms with E-state index in [-0.39, 0.29) is 6.10 Å². The van der Waals surface area contributed by atoms with Crippen molar-refractivity contribution in [1.82, 2.24) is 14.8 Å². The Bertz CT molecular complexity index is 462. The fraction of sp³-hybridized carbons (Fsp3) is 0.333. The van der Waals surface area contributed by atoms with E-state index in [4.69, 9.17) is 4.74 Å². The van der Waals surface area contributed by atoms with Crippen LogP contribution in [0, 0.1) is 6.92 Å². The van der Waals surface area contributed by atoms with Crippen LogP contribution in [0.1, 0.15) is 19.5 Å². The molecule has 0 saturated carbocycles. The van der Waals surface area contributed by atoms with Gasteiger partial charge in [0.15, 0.2) is 0 Å². The summed E-state index contributed by atoms with van der Waals surface area (Å²) in [7, 11) is 0. The third-order valence-corrected chi connectivity index (χ3v) is 2.11. The highest BCUT2D eigenvalue weighted by molar-refractivity contribution is 5.31. The van der Waals surface area contributed by atoms with Gasteiger partial charge in [-0.05, 0) is 32.9 Å². The van der Waals surface area contributed by atoms with Crippen molar-refractivity contribution in [3.8, 4) is 11.6 Å². The lowest BCUT2D eigenvalue weighted by molar-refractivity contribution is 0.231. The van der Waals surface area contributed by atoms with Crippen LogP contribution in [0.25, 0.3) is 5.69 Å². The molecule has 4 nitrogen and oxygen atoms in total. The second kappa shape index (κ2) is 4.35. The lowest BCUT2D eigenvalue weighted by Gasteiger charge is -2.05. The maximum atomic E-state index is 5.54. The van der Waals surface area contributed by atoms with Gasteiger partial charge < -0.3 is 4.74 Å². The van der Waals surface area contributed by atoms with Crippen molar-refractivity contribution in [2.24, 2.45) is 0 Å². The summed E-state index contributed by atoms with van der Waals surface area (Å²) in [5.41, 5.74) is 1.97. The summed E-state index contributed by atoms with van der Waals surface area (Å²) in [6.45, 7) is 5.96. The highest BCUT2D eigenvalue weighted by Crippen LogP contribution is 2.16. The van der Waals surface area contributed by atoms with E-state index in [1.54, 1.807) is 12.4 Å². The Morgan fingerprint density at radius 1 is 1.38 bits per heavy atom. The van der Waals surface area contributed by atoms with E-state index in [0.29, 0.717) is 5.88 Å². The molecular formula is C12H15N3O. The minimum Gasteiger partial charge on any atom is -0.474 e. The highest BCUT2D eigenvalue weighted by Gasteiger charge is 2.07. The van der Waals surface area contributed by atoms with Crippen LogP contribution < -0.4 is 4.74 Å². The highest BCUT2D eigenvalue weighted by atomic mass is 16.5. The maximum absolute atomic E-state index is 5.54. The second-order valence-corrected chi connectivity index (χ2v) is 3.91. The molecule has 2 rings (SSSR count). The number of pyridine rings is 1. The first kappa shape index (κ1) is 10.7. The molecule has 0 amide bonds. The lowest BCUT2D eigenvalue weighted by atomic mass is 10.4. The molecule has 0 aliphatic rings. The number of hydrogen-bond donors (Lipinski definition) is 0. The number of nitrogens with zero attached hydrogens (tertiary/aromatic N) is 3. The monoisotopic (exact) mass is 217 g/mol. The van der Waals surface area contributed by atoms with Gasteiger partial charge in [0.1, 0.15) is 0 Å². The van der Waals surface area contributed by atoms with Gasteiger partial charge in [0, 0.05) is 18.0 Å². The van der Waals surface area contributed by atoms with Crippen molar-refractivity contribution >= 4 is 0 Å². The third-order valence-electron chi connectivity index (χ3n) is 2.11. The third kappa shape index (κ3) is 2.21. The van der Waals surface area contributed by atoms with E-state index in [0.717, 1.165) is 11.4 Å². The van der Waals surface area contributed by atoms with E-state index in [9.17, 15) is 0 Å². The zero-order valence-corrected chi connectivity index (χ0v) is 9.71. The molecule has 0 bridgehead atoms. The summed E-state index contributed by atoms with van der Waals surface area (Å²) >= 11 is 0. The van der Waals surface area contributed by atoms with Crippen molar-refractivity contribution in [3.63, 3.8) is 0 Å². The van der Waals surface area contributed by atoms with Crippen LogP contribution in [0.15, 0.2) is 30.6 Å². The number of aromatic nitrogens is 3.